The molecule has 4 rings (SSSR count). The molecule has 4 aromatic rings. The summed E-state index contributed by atoms with van der Waals surface area (Å²) in [5.41, 5.74) is 12.9. The van der Waals surface area contributed by atoms with Crippen molar-refractivity contribution in [3.63, 3.8) is 0 Å². The molecule has 0 bridgehead atoms. The van der Waals surface area contributed by atoms with E-state index in [9.17, 15) is 0 Å². The topological polar surface area (TPSA) is 0 Å². The van der Waals surface area contributed by atoms with Crippen molar-refractivity contribution in [2.45, 2.75) is 41.5 Å². The Hall–Kier alpha value is -1.82. The first-order chi connectivity index (χ1) is 14.4. The number of benzene rings is 4. The van der Waals surface area contributed by atoms with E-state index in [4.69, 9.17) is 0 Å². The molecule has 0 spiro atoms. The minimum atomic E-state index is 0. The molecule has 4 aromatic carbocycles. The zero-order chi connectivity index (χ0) is 21.7. The van der Waals surface area contributed by atoms with E-state index in [1.54, 1.807) is 0 Å². The maximum atomic E-state index is 3.68. The third-order valence-corrected chi connectivity index (χ3v) is 5.29. The molecule has 0 N–H and O–H groups in total. The zero-order valence-electron chi connectivity index (χ0n) is 19.8. The van der Waals surface area contributed by atoms with E-state index in [0.29, 0.717) is 0 Å². The van der Waals surface area contributed by atoms with Crippen molar-refractivity contribution < 1.29 is 17.0 Å². The standard InChI is InChI=1S/C24H25.C6H5.BrH.Sb/c1-15-10-17(3)23(18(4)11-15)21-8-7-9-22(14-21)24-19(5)12-16(2)13-20(24)6;1-2-4-6-5-3-1;;/h7-13H,1-6H3;1-5H;1H;/p-1. The average Bonchev–Trinajstić information content (AvgIpc) is 2.69. The molecule has 0 amide bonds. The molecule has 0 fully saturated rings. The number of hydrogen-bond donors (Lipinski definition) is 0. The molecule has 0 unspecified atom stereocenters. The van der Waals surface area contributed by atoms with E-state index in [2.05, 4.69) is 96.1 Å². The Morgan fingerprint density at radius 1 is 0.531 bits per heavy atom. The smallest absolute Gasteiger partial charge is 0 e. The predicted octanol–water partition coefficient (Wildman–Crippen LogP) is 4.78. The Bertz CT molecular complexity index is 1000. The van der Waals surface area contributed by atoms with Gasteiger partial charge in [-0.3, -0.25) is 0 Å². The molecule has 5 radical (unpaired) electrons. The van der Waals surface area contributed by atoms with E-state index >= 15 is 0 Å². The van der Waals surface area contributed by atoms with Gasteiger partial charge in [0.1, 0.15) is 0 Å². The van der Waals surface area contributed by atoms with E-state index in [-0.39, 0.29) is 41.4 Å². The molecule has 0 saturated heterocycles. The van der Waals surface area contributed by atoms with Crippen molar-refractivity contribution >= 4 is 24.4 Å². The fourth-order valence-corrected chi connectivity index (χ4v) is 4.31. The Labute approximate surface area is 222 Å². The number of halogens is 1. The first-order valence-electron chi connectivity index (χ1n) is 10.5. The quantitative estimate of drug-likeness (QED) is 0.294. The first-order valence-corrected chi connectivity index (χ1v) is 10.5. The summed E-state index contributed by atoms with van der Waals surface area (Å²) in [6.07, 6.45) is 0. The van der Waals surface area contributed by atoms with Crippen LogP contribution in [0.3, 0.4) is 0 Å². The Balaban J connectivity index is 0.000000557. The molecule has 0 aromatic heterocycles. The van der Waals surface area contributed by atoms with Crippen LogP contribution in [0.5, 0.6) is 0 Å². The van der Waals surface area contributed by atoms with Crippen molar-refractivity contribution in [3.8, 4) is 22.3 Å². The second kappa shape index (κ2) is 13.0. The van der Waals surface area contributed by atoms with E-state index < -0.39 is 0 Å². The van der Waals surface area contributed by atoms with Crippen LogP contribution >= 0.6 is 0 Å². The van der Waals surface area contributed by atoms with Gasteiger partial charge >= 0.3 is 0 Å². The van der Waals surface area contributed by atoms with Crippen molar-refractivity contribution in [1.82, 2.24) is 0 Å². The van der Waals surface area contributed by atoms with Gasteiger partial charge < -0.3 is 17.0 Å². The molecule has 0 aliphatic carbocycles. The fraction of sp³-hybridized carbons (Fsp3) is 0.200. The molecular weight excluding hydrogens is 562 g/mol. The van der Waals surface area contributed by atoms with Gasteiger partial charge in [-0.25, -0.2) is 0 Å². The van der Waals surface area contributed by atoms with Gasteiger partial charge in [-0.2, -0.15) is 0 Å². The summed E-state index contributed by atoms with van der Waals surface area (Å²) in [5.74, 6) is 0. The molecule has 2 heteroatoms. The van der Waals surface area contributed by atoms with Crippen LogP contribution in [-0.2, 0) is 0 Å². The number of rotatable bonds is 2. The van der Waals surface area contributed by atoms with Crippen molar-refractivity contribution in [2.75, 3.05) is 0 Å². The maximum absolute atomic E-state index is 3.68. The molecular formula is C30H30BrSb-. The molecule has 0 heterocycles. The fourth-order valence-electron chi connectivity index (χ4n) is 4.31. The minimum absolute atomic E-state index is 0. The predicted molar refractivity (Wildman–Crippen MR) is 136 cm³/mol. The van der Waals surface area contributed by atoms with Crippen LogP contribution in [-0.4, -0.2) is 24.4 Å². The number of hydrogen-bond acceptors (Lipinski definition) is 0. The van der Waals surface area contributed by atoms with Crippen molar-refractivity contribution in [2.24, 2.45) is 0 Å². The Morgan fingerprint density at radius 3 is 1.19 bits per heavy atom. The summed E-state index contributed by atoms with van der Waals surface area (Å²) in [6, 6.07) is 31.7. The normalized spacial score (nSPS) is 9.69. The van der Waals surface area contributed by atoms with Crippen LogP contribution in [0.15, 0.2) is 72.8 Å². The summed E-state index contributed by atoms with van der Waals surface area (Å²) in [4.78, 5) is 0. The van der Waals surface area contributed by atoms with Gasteiger partial charge in [0.05, 0.1) is 0 Å². The van der Waals surface area contributed by atoms with Gasteiger partial charge in [0.2, 0.25) is 0 Å². The second-order valence-electron chi connectivity index (χ2n) is 8.10. The van der Waals surface area contributed by atoms with Gasteiger partial charge in [-0.15, -0.1) is 0 Å². The molecule has 163 valence electrons. The summed E-state index contributed by atoms with van der Waals surface area (Å²) < 4.78 is 0. The molecule has 32 heavy (non-hydrogen) atoms. The van der Waals surface area contributed by atoms with Gasteiger partial charge in [0, 0.05) is 24.4 Å². The molecule has 0 aliphatic rings. The molecule has 0 aliphatic heterocycles. The molecule has 0 saturated carbocycles. The van der Waals surface area contributed by atoms with Crippen LogP contribution in [0.4, 0.5) is 0 Å². The SMILES string of the molecule is Cc1cc(C)c(-c2[c]c(-c3c(C)cc(C)cc3C)ccc2)c(C)c1.[Br-].[Sb].[c]1ccccc1. The van der Waals surface area contributed by atoms with Crippen LogP contribution in [0.2, 0.25) is 0 Å². The van der Waals surface area contributed by atoms with Gasteiger partial charge in [-0.1, -0.05) is 83.9 Å². The summed E-state index contributed by atoms with van der Waals surface area (Å²) in [7, 11) is 0. The van der Waals surface area contributed by atoms with Gasteiger partial charge in [0.25, 0.3) is 0 Å². The van der Waals surface area contributed by atoms with E-state index in [1.807, 2.05) is 30.3 Å². The number of aryl methyl sites for hydroxylation is 6. The van der Waals surface area contributed by atoms with Crippen molar-refractivity contribution in [1.29, 1.82) is 0 Å². The maximum Gasteiger partial charge on any atom is 0 e. The minimum Gasteiger partial charge on any atom is -1.00 e. The summed E-state index contributed by atoms with van der Waals surface area (Å²) in [6.45, 7) is 13.1. The monoisotopic (exact) mass is 590 g/mol. The Kier molecular flexibility index (Phi) is 11.5. The zero-order valence-corrected chi connectivity index (χ0v) is 23.9. The van der Waals surface area contributed by atoms with Crippen LogP contribution in [0.1, 0.15) is 33.4 Å². The van der Waals surface area contributed by atoms with Gasteiger partial charge in [0.15, 0.2) is 0 Å². The second-order valence-corrected chi connectivity index (χ2v) is 8.10. The Morgan fingerprint density at radius 2 is 0.906 bits per heavy atom. The van der Waals surface area contributed by atoms with Crippen LogP contribution in [0, 0.1) is 53.7 Å². The van der Waals surface area contributed by atoms with Gasteiger partial charge in [-0.05, 0) is 98.2 Å². The van der Waals surface area contributed by atoms with E-state index in [1.165, 1.54) is 55.6 Å². The average molecular weight is 592 g/mol. The third-order valence-electron chi connectivity index (χ3n) is 5.29. The molecule has 0 nitrogen and oxygen atoms in total. The van der Waals surface area contributed by atoms with E-state index in [0.717, 1.165) is 0 Å². The molecule has 0 atom stereocenters. The van der Waals surface area contributed by atoms with Crippen LogP contribution in [0.25, 0.3) is 22.3 Å². The summed E-state index contributed by atoms with van der Waals surface area (Å²) >= 11 is 0. The van der Waals surface area contributed by atoms with Crippen molar-refractivity contribution in [3.05, 3.63) is 118 Å². The summed E-state index contributed by atoms with van der Waals surface area (Å²) in [5, 5.41) is 0. The van der Waals surface area contributed by atoms with Crippen LogP contribution < -0.4 is 17.0 Å². The largest absolute Gasteiger partial charge is 1.00 e. The first kappa shape index (κ1) is 28.2. The third kappa shape index (κ3) is 7.09.